The van der Waals surface area contributed by atoms with E-state index in [1.54, 1.807) is 0 Å². The van der Waals surface area contributed by atoms with Crippen molar-refractivity contribution in [1.29, 1.82) is 0 Å². The molecular weight excluding hydrogens is 188 g/mol. The first kappa shape index (κ1) is 13.4. The van der Waals surface area contributed by atoms with Crippen LogP contribution in [0.1, 0.15) is 19.8 Å². The third-order valence-electron chi connectivity index (χ3n) is 1.60. The lowest BCUT2D eigenvalue weighted by molar-refractivity contribution is -0.145. The minimum absolute atomic E-state index is 0.0146. The summed E-state index contributed by atoms with van der Waals surface area (Å²) >= 11 is 0. The van der Waals surface area contributed by atoms with Crippen molar-refractivity contribution >= 4 is 5.97 Å². The highest BCUT2D eigenvalue weighted by Gasteiger charge is 2.07. The van der Waals surface area contributed by atoms with Crippen LogP contribution >= 0.6 is 0 Å². The molecule has 5 heteroatoms. The van der Waals surface area contributed by atoms with Crippen molar-refractivity contribution in [1.82, 2.24) is 0 Å². The van der Waals surface area contributed by atoms with E-state index in [1.807, 2.05) is 6.92 Å². The van der Waals surface area contributed by atoms with Gasteiger partial charge in [-0.3, -0.25) is 4.79 Å². The summed E-state index contributed by atoms with van der Waals surface area (Å²) in [6, 6.07) is 0. The van der Waals surface area contributed by atoms with E-state index in [0.29, 0.717) is 6.42 Å². The van der Waals surface area contributed by atoms with Gasteiger partial charge in [0.1, 0.15) is 6.61 Å². The van der Waals surface area contributed by atoms with Crippen molar-refractivity contribution in [2.75, 3.05) is 26.4 Å². The molecule has 0 amide bonds. The molecule has 0 saturated heterocycles. The molecule has 1 atom stereocenters. The maximum Gasteiger partial charge on any atom is 0.305 e. The van der Waals surface area contributed by atoms with E-state index in [-0.39, 0.29) is 44.9 Å². The Morgan fingerprint density at radius 1 is 1.29 bits per heavy atom. The highest BCUT2D eigenvalue weighted by molar-refractivity contribution is 5.69. The van der Waals surface area contributed by atoms with Crippen molar-refractivity contribution in [3.05, 3.63) is 0 Å². The molecule has 84 valence electrons. The van der Waals surface area contributed by atoms with Gasteiger partial charge >= 0.3 is 5.97 Å². The molecule has 0 aromatic carbocycles. The van der Waals surface area contributed by atoms with Gasteiger partial charge in [-0.15, -0.1) is 0 Å². The molecule has 0 aromatic rings. The number of hydrogen-bond acceptors (Lipinski definition) is 5. The number of carbonyl (C=O) groups excluding carboxylic acids is 1. The molecule has 0 fully saturated rings. The molecule has 0 rings (SSSR count). The topological polar surface area (TPSA) is 76.0 Å². The SMILES string of the molecule is C[C@H](CCC(=O)OCCO)OCCO. The first-order valence-corrected chi connectivity index (χ1v) is 4.69. The fraction of sp³-hybridized carbons (Fsp3) is 0.889. The maximum atomic E-state index is 10.9. The minimum Gasteiger partial charge on any atom is -0.463 e. The normalized spacial score (nSPS) is 12.5. The summed E-state index contributed by atoms with van der Waals surface area (Å²) in [7, 11) is 0. The number of rotatable bonds is 8. The fourth-order valence-electron chi connectivity index (χ4n) is 0.890. The van der Waals surface area contributed by atoms with Crippen molar-refractivity contribution in [2.45, 2.75) is 25.9 Å². The molecule has 14 heavy (non-hydrogen) atoms. The Labute approximate surface area is 83.6 Å². The van der Waals surface area contributed by atoms with Gasteiger partial charge in [0.05, 0.1) is 25.9 Å². The summed E-state index contributed by atoms with van der Waals surface area (Å²) < 4.78 is 9.79. The summed E-state index contributed by atoms with van der Waals surface area (Å²) in [5.74, 6) is -0.335. The van der Waals surface area contributed by atoms with Gasteiger partial charge in [0.15, 0.2) is 0 Å². The van der Waals surface area contributed by atoms with Gasteiger partial charge in [-0.1, -0.05) is 0 Å². The average Bonchev–Trinajstić information content (AvgIpc) is 2.20. The summed E-state index contributed by atoms with van der Waals surface area (Å²) in [6.45, 7) is 1.99. The van der Waals surface area contributed by atoms with Gasteiger partial charge in [-0.25, -0.2) is 0 Å². The van der Waals surface area contributed by atoms with Gasteiger partial charge in [0.2, 0.25) is 0 Å². The highest BCUT2D eigenvalue weighted by atomic mass is 16.5. The third-order valence-corrected chi connectivity index (χ3v) is 1.60. The number of esters is 1. The van der Waals surface area contributed by atoms with Crippen LogP contribution in [0.5, 0.6) is 0 Å². The van der Waals surface area contributed by atoms with Gasteiger partial charge in [0, 0.05) is 6.42 Å². The van der Waals surface area contributed by atoms with Crippen LogP contribution in [0.25, 0.3) is 0 Å². The fourth-order valence-corrected chi connectivity index (χ4v) is 0.890. The molecular formula is C9H18O5. The molecule has 2 N–H and O–H groups in total. The second-order valence-electron chi connectivity index (χ2n) is 2.89. The van der Waals surface area contributed by atoms with Crippen molar-refractivity contribution in [2.24, 2.45) is 0 Å². The smallest absolute Gasteiger partial charge is 0.305 e. The Morgan fingerprint density at radius 3 is 2.50 bits per heavy atom. The van der Waals surface area contributed by atoms with Crippen LogP contribution < -0.4 is 0 Å². The van der Waals surface area contributed by atoms with Gasteiger partial charge < -0.3 is 19.7 Å². The van der Waals surface area contributed by atoms with E-state index < -0.39 is 0 Å². The Hall–Kier alpha value is -0.650. The summed E-state index contributed by atoms with van der Waals surface area (Å²) in [6.07, 6.45) is 0.764. The lowest BCUT2D eigenvalue weighted by Crippen LogP contribution is -2.15. The van der Waals surface area contributed by atoms with E-state index in [0.717, 1.165) is 0 Å². The van der Waals surface area contributed by atoms with Gasteiger partial charge in [-0.05, 0) is 13.3 Å². The zero-order chi connectivity index (χ0) is 10.8. The number of hydrogen-bond donors (Lipinski definition) is 2. The largest absolute Gasteiger partial charge is 0.463 e. The lowest BCUT2D eigenvalue weighted by atomic mass is 10.2. The van der Waals surface area contributed by atoms with Crippen LogP contribution in [0.4, 0.5) is 0 Å². The van der Waals surface area contributed by atoms with Crippen molar-refractivity contribution in [3.63, 3.8) is 0 Å². The molecule has 0 aliphatic heterocycles. The predicted octanol–water partition coefficient (Wildman–Crippen LogP) is -0.300. The second kappa shape index (κ2) is 8.93. The van der Waals surface area contributed by atoms with Crippen LogP contribution in [0, 0.1) is 0 Å². The number of carbonyl (C=O) groups is 1. The maximum absolute atomic E-state index is 10.9. The predicted molar refractivity (Wildman–Crippen MR) is 49.8 cm³/mol. The third kappa shape index (κ3) is 7.97. The zero-order valence-corrected chi connectivity index (χ0v) is 8.44. The molecule has 0 bridgehead atoms. The number of ether oxygens (including phenoxy) is 2. The van der Waals surface area contributed by atoms with E-state index in [9.17, 15) is 4.79 Å². The average molecular weight is 206 g/mol. The van der Waals surface area contributed by atoms with Crippen LogP contribution in [0.15, 0.2) is 0 Å². The number of aliphatic hydroxyl groups is 2. The zero-order valence-electron chi connectivity index (χ0n) is 8.44. The second-order valence-corrected chi connectivity index (χ2v) is 2.89. The van der Waals surface area contributed by atoms with Crippen LogP contribution in [0.2, 0.25) is 0 Å². The molecule has 0 radical (unpaired) electrons. The van der Waals surface area contributed by atoms with E-state index in [1.165, 1.54) is 0 Å². The highest BCUT2D eigenvalue weighted by Crippen LogP contribution is 2.02. The molecule has 0 spiro atoms. The Morgan fingerprint density at radius 2 is 1.93 bits per heavy atom. The summed E-state index contributed by atoms with van der Waals surface area (Å²) in [4.78, 5) is 10.9. The molecule has 0 unspecified atom stereocenters. The molecule has 0 aromatic heterocycles. The first-order chi connectivity index (χ1) is 6.70. The molecule has 0 aliphatic rings. The van der Waals surface area contributed by atoms with E-state index in [2.05, 4.69) is 4.74 Å². The monoisotopic (exact) mass is 206 g/mol. The standard InChI is InChI=1S/C9H18O5/c1-8(13-6-4-10)2-3-9(12)14-7-5-11/h8,10-11H,2-7H2,1H3/t8-/m1/s1. The van der Waals surface area contributed by atoms with Gasteiger partial charge in [0.25, 0.3) is 0 Å². The van der Waals surface area contributed by atoms with E-state index >= 15 is 0 Å². The Kier molecular flexibility index (Phi) is 8.51. The molecule has 0 aliphatic carbocycles. The quantitative estimate of drug-likeness (QED) is 0.533. The molecule has 0 saturated carbocycles. The van der Waals surface area contributed by atoms with Gasteiger partial charge in [-0.2, -0.15) is 0 Å². The van der Waals surface area contributed by atoms with Crippen LogP contribution in [-0.4, -0.2) is 48.7 Å². The van der Waals surface area contributed by atoms with Crippen LogP contribution in [0.3, 0.4) is 0 Å². The minimum atomic E-state index is -0.335. The Bertz CT molecular complexity index is 148. The van der Waals surface area contributed by atoms with E-state index in [4.69, 9.17) is 14.9 Å². The number of aliphatic hydroxyl groups excluding tert-OH is 2. The van der Waals surface area contributed by atoms with Crippen LogP contribution in [-0.2, 0) is 14.3 Å². The van der Waals surface area contributed by atoms with Crippen molar-refractivity contribution < 1.29 is 24.5 Å². The lowest BCUT2D eigenvalue weighted by Gasteiger charge is -2.11. The molecule has 5 nitrogen and oxygen atoms in total. The Balaban J connectivity index is 3.36. The first-order valence-electron chi connectivity index (χ1n) is 4.69. The molecule has 0 heterocycles. The summed E-state index contributed by atoms with van der Waals surface area (Å²) in [5.41, 5.74) is 0. The summed E-state index contributed by atoms with van der Waals surface area (Å²) in [5, 5.41) is 16.8. The van der Waals surface area contributed by atoms with Crippen molar-refractivity contribution in [3.8, 4) is 0 Å².